The van der Waals surface area contributed by atoms with E-state index in [1.54, 1.807) is 20.0 Å². The SMILES string of the molecule is CCn1c(-c2nonc2N)nc2c(C#CC(C)(C)O)ncc(OCC[C@@H]3CCCN3)c21. The molecule has 0 aromatic carbocycles. The van der Waals surface area contributed by atoms with Crippen LogP contribution in [-0.2, 0) is 6.54 Å². The van der Waals surface area contributed by atoms with Crippen molar-refractivity contribution in [3.8, 4) is 29.1 Å². The summed E-state index contributed by atoms with van der Waals surface area (Å²) in [5.41, 5.74) is 6.84. The van der Waals surface area contributed by atoms with Crippen LogP contribution in [0.5, 0.6) is 5.75 Å². The first kappa shape index (κ1) is 21.1. The number of imidazole rings is 1. The molecule has 3 aromatic rings. The lowest BCUT2D eigenvalue weighted by molar-refractivity contribution is 0.143. The number of rotatable bonds is 6. The maximum Gasteiger partial charge on any atom is 0.199 e. The average molecular weight is 425 g/mol. The van der Waals surface area contributed by atoms with Gasteiger partial charge in [0.25, 0.3) is 0 Å². The summed E-state index contributed by atoms with van der Waals surface area (Å²) in [6.45, 7) is 7.42. The van der Waals surface area contributed by atoms with Gasteiger partial charge in [-0.2, -0.15) is 0 Å². The zero-order valence-electron chi connectivity index (χ0n) is 18.0. The third-order valence-corrected chi connectivity index (χ3v) is 5.15. The van der Waals surface area contributed by atoms with Gasteiger partial charge in [0, 0.05) is 12.6 Å². The number of nitrogens with two attached hydrogens (primary N) is 1. The Morgan fingerprint density at radius 2 is 2.26 bits per heavy atom. The van der Waals surface area contributed by atoms with E-state index in [1.165, 1.54) is 6.42 Å². The molecule has 164 valence electrons. The number of nitrogens with zero attached hydrogens (tertiary/aromatic N) is 5. The molecule has 0 saturated carbocycles. The van der Waals surface area contributed by atoms with Gasteiger partial charge in [-0.1, -0.05) is 5.92 Å². The van der Waals surface area contributed by atoms with Gasteiger partial charge in [0.05, 0.1) is 12.8 Å². The van der Waals surface area contributed by atoms with Gasteiger partial charge in [-0.15, -0.1) is 0 Å². The van der Waals surface area contributed by atoms with Gasteiger partial charge >= 0.3 is 0 Å². The number of pyridine rings is 1. The van der Waals surface area contributed by atoms with Crippen LogP contribution in [0, 0.1) is 11.8 Å². The van der Waals surface area contributed by atoms with E-state index in [0.29, 0.717) is 47.7 Å². The number of anilines is 1. The smallest absolute Gasteiger partial charge is 0.199 e. The number of hydrogen-bond donors (Lipinski definition) is 3. The van der Waals surface area contributed by atoms with Gasteiger partial charge in [0.1, 0.15) is 22.3 Å². The number of aryl methyl sites for hydroxylation is 1. The summed E-state index contributed by atoms with van der Waals surface area (Å²) in [5, 5.41) is 21.1. The van der Waals surface area contributed by atoms with E-state index in [1.807, 2.05) is 11.5 Å². The molecule has 3 aromatic heterocycles. The average Bonchev–Trinajstić information content (AvgIpc) is 3.45. The molecule has 0 spiro atoms. The predicted molar refractivity (Wildman–Crippen MR) is 115 cm³/mol. The fraction of sp³-hybridized carbons (Fsp3) is 0.524. The van der Waals surface area contributed by atoms with Crippen LogP contribution in [0.25, 0.3) is 22.6 Å². The molecule has 0 amide bonds. The molecule has 1 atom stereocenters. The molecule has 0 aliphatic carbocycles. The van der Waals surface area contributed by atoms with Crippen LogP contribution < -0.4 is 15.8 Å². The molecule has 10 heteroatoms. The quantitative estimate of drug-likeness (QED) is 0.504. The van der Waals surface area contributed by atoms with Gasteiger partial charge < -0.3 is 25.5 Å². The fourth-order valence-electron chi connectivity index (χ4n) is 3.68. The van der Waals surface area contributed by atoms with E-state index < -0.39 is 5.60 Å². The van der Waals surface area contributed by atoms with Gasteiger partial charge in [-0.05, 0) is 62.8 Å². The number of fused-ring (bicyclic) bond motifs is 1. The molecule has 10 nitrogen and oxygen atoms in total. The number of ether oxygens (including phenoxy) is 1. The number of hydrogen-bond acceptors (Lipinski definition) is 9. The highest BCUT2D eigenvalue weighted by Crippen LogP contribution is 2.33. The monoisotopic (exact) mass is 425 g/mol. The fourth-order valence-corrected chi connectivity index (χ4v) is 3.68. The molecule has 0 radical (unpaired) electrons. The lowest BCUT2D eigenvalue weighted by Gasteiger charge is -2.13. The lowest BCUT2D eigenvalue weighted by atomic mass is 10.1. The van der Waals surface area contributed by atoms with Crippen molar-refractivity contribution in [3.05, 3.63) is 11.9 Å². The van der Waals surface area contributed by atoms with E-state index in [9.17, 15) is 5.11 Å². The third kappa shape index (κ3) is 4.47. The zero-order valence-corrected chi connectivity index (χ0v) is 18.0. The Morgan fingerprint density at radius 3 is 2.90 bits per heavy atom. The molecule has 0 unspecified atom stereocenters. The highest BCUT2D eigenvalue weighted by atomic mass is 16.6. The highest BCUT2D eigenvalue weighted by molar-refractivity contribution is 5.89. The predicted octanol–water partition coefficient (Wildman–Crippen LogP) is 1.73. The Hall–Kier alpha value is -3.16. The van der Waals surface area contributed by atoms with Crippen LogP contribution in [0.15, 0.2) is 10.8 Å². The minimum absolute atomic E-state index is 0.150. The second-order valence-corrected chi connectivity index (χ2v) is 8.09. The van der Waals surface area contributed by atoms with Crippen LogP contribution in [0.1, 0.15) is 45.7 Å². The molecular weight excluding hydrogens is 398 g/mol. The normalized spacial score (nSPS) is 16.5. The van der Waals surface area contributed by atoms with Crippen molar-refractivity contribution in [2.45, 2.75) is 58.2 Å². The van der Waals surface area contributed by atoms with Gasteiger partial charge in [0.2, 0.25) is 0 Å². The Balaban J connectivity index is 1.79. The molecule has 1 saturated heterocycles. The van der Waals surface area contributed by atoms with Crippen molar-refractivity contribution in [3.63, 3.8) is 0 Å². The molecular formula is C21H27N7O3. The summed E-state index contributed by atoms with van der Waals surface area (Å²) >= 11 is 0. The summed E-state index contributed by atoms with van der Waals surface area (Å²) < 4.78 is 12.8. The molecule has 4 heterocycles. The molecule has 4 N–H and O–H groups in total. The van der Waals surface area contributed by atoms with E-state index >= 15 is 0 Å². The van der Waals surface area contributed by atoms with Crippen LogP contribution in [0.3, 0.4) is 0 Å². The molecule has 4 rings (SSSR count). The van der Waals surface area contributed by atoms with Crippen LogP contribution in [0.2, 0.25) is 0 Å². The maximum absolute atomic E-state index is 10.0. The van der Waals surface area contributed by atoms with Crippen LogP contribution >= 0.6 is 0 Å². The van der Waals surface area contributed by atoms with E-state index in [2.05, 4.69) is 32.5 Å². The van der Waals surface area contributed by atoms with Crippen molar-refractivity contribution in [2.75, 3.05) is 18.9 Å². The van der Waals surface area contributed by atoms with Crippen molar-refractivity contribution >= 4 is 16.9 Å². The Morgan fingerprint density at radius 1 is 1.42 bits per heavy atom. The van der Waals surface area contributed by atoms with Crippen molar-refractivity contribution < 1.29 is 14.5 Å². The van der Waals surface area contributed by atoms with Crippen LogP contribution in [-0.4, -0.2) is 54.7 Å². The van der Waals surface area contributed by atoms with Crippen molar-refractivity contribution in [1.29, 1.82) is 0 Å². The third-order valence-electron chi connectivity index (χ3n) is 5.15. The Bertz CT molecular complexity index is 1130. The first-order valence-electron chi connectivity index (χ1n) is 10.5. The van der Waals surface area contributed by atoms with E-state index in [-0.39, 0.29) is 5.82 Å². The summed E-state index contributed by atoms with van der Waals surface area (Å²) in [4.78, 5) is 9.18. The zero-order chi connectivity index (χ0) is 22.0. The Kier molecular flexibility index (Phi) is 5.80. The second-order valence-electron chi connectivity index (χ2n) is 8.09. The largest absolute Gasteiger partial charge is 0.490 e. The molecule has 0 bridgehead atoms. The maximum atomic E-state index is 10.0. The summed E-state index contributed by atoms with van der Waals surface area (Å²) in [6.07, 6.45) is 4.93. The summed E-state index contributed by atoms with van der Waals surface area (Å²) in [7, 11) is 0. The van der Waals surface area contributed by atoms with Crippen molar-refractivity contribution in [2.24, 2.45) is 0 Å². The van der Waals surface area contributed by atoms with Gasteiger partial charge in [-0.3, -0.25) is 0 Å². The number of aliphatic hydroxyl groups is 1. The van der Waals surface area contributed by atoms with Crippen molar-refractivity contribution in [1.82, 2.24) is 30.2 Å². The number of nitrogens with one attached hydrogen (secondary N) is 1. The topological polar surface area (TPSA) is 137 Å². The lowest BCUT2D eigenvalue weighted by Crippen LogP contribution is -2.23. The van der Waals surface area contributed by atoms with E-state index in [0.717, 1.165) is 24.9 Å². The molecule has 1 fully saturated rings. The van der Waals surface area contributed by atoms with Gasteiger partial charge in [0.15, 0.2) is 23.1 Å². The second kappa shape index (κ2) is 8.53. The minimum Gasteiger partial charge on any atom is -0.490 e. The Labute approximate surface area is 180 Å². The molecule has 1 aliphatic rings. The molecule has 1 aliphatic heterocycles. The summed E-state index contributed by atoms with van der Waals surface area (Å²) in [6, 6.07) is 0.480. The number of aromatic nitrogens is 5. The van der Waals surface area contributed by atoms with E-state index in [4.69, 9.17) is 20.1 Å². The number of nitrogen functional groups attached to an aromatic ring is 1. The minimum atomic E-state index is -1.16. The first-order chi connectivity index (χ1) is 14.9. The summed E-state index contributed by atoms with van der Waals surface area (Å²) in [5.74, 6) is 6.99. The van der Waals surface area contributed by atoms with Crippen LogP contribution in [0.4, 0.5) is 5.82 Å². The standard InChI is InChI=1S/C21H27N7O3/c1-4-28-18-15(30-11-8-13-6-5-10-23-13)12-24-14(7-9-21(2,3)29)16(18)25-20(28)17-19(22)27-31-26-17/h12-13,23,29H,4-6,8,10-11H2,1-3H3,(H2,22,27)/t13-/m0/s1. The molecule has 31 heavy (non-hydrogen) atoms. The highest BCUT2D eigenvalue weighted by Gasteiger charge is 2.23. The first-order valence-corrected chi connectivity index (χ1v) is 10.5. The van der Waals surface area contributed by atoms with Gasteiger partial charge in [-0.25, -0.2) is 14.6 Å².